The molecule has 3 aromatic rings. The number of benzene rings is 1. The van der Waals surface area contributed by atoms with Crippen molar-refractivity contribution in [2.75, 3.05) is 29.9 Å². The molecule has 2 aliphatic heterocycles. The third kappa shape index (κ3) is 5.40. The molecule has 2 aliphatic rings. The smallest absolute Gasteiger partial charge is 0.356 e. The number of halogens is 3. The van der Waals surface area contributed by atoms with E-state index in [1.807, 2.05) is 43.5 Å². The van der Waals surface area contributed by atoms with Gasteiger partial charge in [-0.1, -0.05) is 12.5 Å². The average Bonchev–Trinajstić information content (AvgIpc) is 2.85. The van der Waals surface area contributed by atoms with Gasteiger partial charge in [0.2, 0.25) is 5.95 Å². The van der Waals surface area contributed by atoms with Crippen molar-refractivity contribution in [1.82, 2.24) is 20.3 Å². The molecule has 2 aromatic heterocycles. The van der Waals surface area contributed by atoms with E-state index in [4.69, 9.17) is 4.98 Å². The largest absolute Gasteiger partial charge is 0.433 e. The summed E-state index contributed by atoms with van der Waals surface area (Å²) in [4.78, 5) is 14.6. The van der Waals surface area contributed by atoms with Crippen LogP contribution >= 0.6 is 0 Å². The Hall–Kier alpha value is -3.20. The third-order valence-electron chi connectivity index (χ3n) is 6.99. The molecule has 35 heavy (non-hydrogen) atoms. The van der Waals surface area contributed by atoms with Gasteiger partial charge in [0.25, 0.3) is 0 Å². The van der Waals surface area contributed by atoms with E-state index in [1.165, 1.54) is 19.3 Å². The summed E-state index contributed by atoms with van der Waals surface area (Å²) in [5, 5.41) is 6.66. The highest BCUT2D eigenvalue weighted by atomic mass is 19.4. The van der Waals surface area contributed by atoms with Crippen LogP contribution in [0.3, 0.4) is 0 Å². The molecule has 0 bridgehead atoms. The molecule has 4 heterocycles. The van der Waals surface area contributed by atoms with Crippen LogP contribution in [0, 0.1) is 6.92 Å². The number of pyridine rings is 1. The Bertz CT molecular complexity index is 1160. The van der Waals surface area contributed by atoms with Gasteiger partial charge in [0.05, 0.1) is 0 Å². The maximum absolute atomic E-state index is 13.0. The van der Waals surface area contributed by atoms with Crippen molar-refractivity contribution < 1.29 is 13.2 Å². The van der Waals surface area contributed by atoms with Gasteiger partial charge in [-0.05, 0) is 80.6 Å². The second-order valence-corrected chi connectivity index (χ2v) is 9.53. The van der Waals surface area contributed by atoms with Gasteiger partial charge in [-0.25, -0.2) is 15.0 Å². The molecule has 0 atom stereocenters. The highest BCUT2D eigenvalue weighted by molar-refractivity contribution is 5.71. The maximum atomic E-state index is 13.0. The fourth-order valence-electron chi connectivity index (χ4n) is 5.09. The van der Waals surface area contributed by atoms with Crippen molar-refractivity contribution in [3.63, 3.8) is 0 Å². The number of nitrogens with zero attached hydrogens (tertiary/aromatic N) is 4. The Kier molecular flexibility index (Phi) is 6.35. The molecule has 0 radical (unpaired) electrons. The van der Waals surface area contributed by atoms with Crippen molar-refractivity contribution >= 4 is 17.5 Å². The van der Waals surface area contributed by atoms with Gasteiger partial charge in [-0.15, -0.1) is 0 Å². The number of alkyl halides is 3. The molecule has 0 unspecified atom stereocenters. The standard InChI is InChI=1S/C26H29F3N6/c1-18-14-20(16-21(15-18)33-24-30-11-6-22(34-24)26(27,28)29)19-4-5-23(31-17-19)35-12-8-25(9-13-35)7-2-3-10-32-25/h4-6,11,14-17,32H,2-3,7-10,12-13H2,1H3,(H,30,33,34). The Labute approximate surface area is 203 Å². The Balaban J connectivity index is 1.29. The number of aromatic nitrogens is 3. The summed E-state index contributed by atoms with van der Waals surface area (Å²) in [7, 11) is 0. The van der Waals surface area contributed by atoms with Crippen LogP contribution in [0.2, 0.25) is 0 Å². The molecular weight excluding hydrogens is 453 g/mol. The van der Waals surface area contributed by atoms with Gasteiger partial charge >= 0.3 is 6.18 Å². The topological polar surface area (TPSA) is 66.0 Å². The van der Waals surface area contributed by atoms with Crippen LogP contribution in [0.4, 0.5) is 30.6 Å². The van der Waals surface area contributed by atoms with Crippen molar-refractivity contribution in [3.05, 3.63) is 60.0 Å². The van der Waals surface area contributed by atoms with Crippen LogP contribution in [-0.2, 0) is 6.18 Å². The second kappa shape index (κ2) is 9.45. The minimum Gasteiger partial charge on any atom is -0.356 e. The van der Waals surface area contributed by atoms with E-state index in [-0.39, 0.29) is 5.95 Å². The first-order valence-corrected chi connectivity index (χ1v) is 12.1. The molecule has 5 rings (SSSR count). The predicted molar refractivity (Wildman–Crippen MR) is 131 cm³/mol. The summed E-state index contributed by atoms with van der Waals surface area (Å²) in [6.45, 7) is 5.05. The Morgan fingerprint density at radius 1 is 0.971 bits per heavy atom. The molecule has 0 saturated carbocycles. The van der Waals surface area contributed by atoms with Gasteiger partial charge in [-0.3, -0.25) is 0 Å². The van der Waals surface area contributed by atoms with Crippen LogP contribution < -0.4 is 15.5 Å². The third-order valence-corrected chi connectivity index (χ3v) is 6.99. The van der Waals surface area contributed by atoms with E-state index in [9.17, 15) is 13.2 Å². The van der Waals surface area contributed by atoms with Crippen molar-refractivity contribution in [3.8, 4) is 11.1 Å². The molecule has 2 fully saturated rings. The molecule has 184 valence electrons. The van der Waals surface area contributed by atoms with Gasteiger partial charge in [0.15, 0.2) is 0 Å². The van der Waals surface area contributed by atoms with Gasteiger partial charge in [0, 0.05) is 42.3 Å². The van der Waals surface area contributed by atoms with Crippen LogP contribution in [0.15, 0.2) is 48.8 Å². The minimum absolute atomic E-state index is 0.0971. The molecule has 2 N–H and O–H groups in total. The zero-order valence-corrected chi connectivity index (χ0v) is 19.7. The highest BCUT2D eigenvalue weighted by Gasteiger charge is 2.35. The molecule has 9 heteroatoms. The minimum atomic E-state index is -4.52. The zero-order valence-electron chi connectivity index (χ0n) is 19.7. The summed E-state index contributed by atoms with van der Waals surface area (Å²) in [5.41, 5.74) is 2.76. The van der Waals surface area contributed by atoms with E-state index in [1.54, 1.807) is 0 Å². The van der Waals surface area contributed by atoms with Crippen LogP contribution in [0.1, 0.15) is 43.4 Å². The lowest BCUT2D eigenvalue weighted by Crippen LogP contribution is -2.55. The zero-order chi connectivity index (χ0) is 24.5. The van der Waals surface area contributed by atoms with E-state index < -0.39 is 11.9 Å². The fraction of sp³-hybridized carbons (Fsp3) is 0.423. The van der Waals surface area contributed by atoms with E-state index in [2.05, 4.69) is 25.5 Å². The molecule has 2 saturated heterocycles. The van der Waals surface area contributed by atoms with Crippen molar-refractivity contribution in [2.24, 2.45) is 0 Å². The second-order valence-electron chi connectivity index (χ2n) is 9.53. The Morgan fingerprint density at radius 2 is 1.80 bits per heavy atom. The molecule has 6 nitrogen and oxygen atoms in total. The summed E-state index contributed by atoms with van der Waals surface area (Å²) in [6, 6.07) is 10.7. The quantitative estimate of drug-likeness (QED) is 0.496. The van der Waals surface area contributed by atoms with E-state index in [0.717, 1.165) is 67.2 Å². The number of aryl methyl sites for hydroxylation is 1. The van der Waals surface area contributed by atoms with Crippen molar-refractivity contribution in [2.45, 2.75) is 50.7 Å². The highest BCUT2D eigenvalue weighted by Crippen LogP contribution is 2.33. The fourth-order valence-corrected chi connectivity index (χ4v) is 5.09. The van der Waals surface area contributed by atoms with E-state index >= 15 is 0 Å². The van der Waals surface area contributed by atoms with Gasteiger partial charge in [0.1, 0.15) is 11.5 Å². The first-order valence-electron chi connectivity index (χ1n) is 12.1. The summed E-state index contributed by atoms with van der Waals surface area (Å²) >= 11 is 0. The summed E-state index contributed by atoms with van der Waals surface area (Å²) < 4.78 is 39.0. The lowest BCUT2D eigenvalue weighted by molar-refractivity contribution is -0.141. The Morgan fingerprint density at radius 3 is 2.49 bits per heavy atom. The number of hydrogen-bond acceptors (Lipinski definition) is 6. The summed E-state index contributed by atoms with van der Waals surface area (Å²) in [6.07, 6.45) is 4.57. The number of rotatable bonds is 4. The van der Waals surface area contributed by atoms with Gasteiger partial charge < -0.3 is 15.5 Å². The van der Waals surface area contributed by atoms with Crippen LogP contribution in [-0.4, -0.2) is 40.1 Å². The maximum Gasteiger partial charge on any atom is 0.433 e. The summed E-state index contributed by atoms with van der Waals surface area (Å²) in [5.74, 6) is 0.878. The van der Waals surface area contributed by atoms with E-state index in [0.29, 0.717) is 11.2 Å². The first-order chi connectivity index (χ1) is 16.8. The lowest BCUT2D eigenvalue weighted by atomic mass is 9.80. The average molecular weight is 483 g/mol. The SMILES string of the molecule is Cc1cc(Nc2nccc(C(F)(F)F)n2)cc(-c2ccc(N3CCC4(CCCCN4)CC3)nc2)c1. The van der Waals surface area contributed by atoms with Crippen molar-refractivity contribution in [1.29, 1.82) is 0 Å². The lowest BCUT2D eigenvalue weighted by Gasteiger charge is -2.45. The molecule has 0 aliphatic carbocycles. The monoisotopic (exact) mass is 482 g/mol. The number of anilines is 3. The van der Waals surface area contributed by atoms with Crippen LogP contribution in [0.5, 0.6) is 0 Å². The molecule has 1 aromatic carbocycles. The molecule has 0 amide bonds. The number of nitrogens with one attached hydrogen (secondary N) is 2. The molecule has 1 spiro atoms. The normalized spacial score (nSPS) is 18.0. The van der Waals surface area contributed by atoms with Gasteiger partial charge in [-0.2, -0.15) is 13.2 Å². The number of piperidine rings is 2. The molecular formula is C26H29F3N6. The first kappa shape index (κ1) is 23.5. The van der Waals surface area contributed by atoms with Crippen LogP contribution in [0.25, 0.3) is 11.1 Å². The number of hydrogen-bond donors (Lipinski definition) is 2. The predicted octanol–water partition coefficient (Wildman–Crippen LogP) is 5.72.